The quantitative estimate of drug-likeness (QED) is 0.820. The normalized spacial score (nSPS) is 23.9. The van der Waals surface area contributed by atoms with Gasteiger partial charge in [0.2, 0.25) is 0 Å². The highest BCUT2D eigenvalue weighted by Crippen LogP contribution is 2.30. The van der Waals surface area contributed by atoms with Gasteiger partial charge in [-0.1, -0.05) is 11.6 Å². The molecule has 1 aromatic rings. The van der Waals surface area contributed by atoms with Gasteiger partial charge in [0.15, 0.2) is 0 Å². The average Bonchev–Trinajstić information content (AvgIpc) is 2.73. The lowest BCUT2D eigenvalue weighted by Gasteiger charge is -2.21. The van der Waals surface area contributed by atoms with Gasteiger partial charge < -0.3 is 15.8 Å². The van der Waals surface area contributed by atoms with Crippen LogP contribution in [-0.2, 0) is 4.74 Å². The Labute approximate surface area is 105 Å². The SMILES string of the molecule is COC1CCCC1Nc1cc(F)c(Cl)cc1N. The maximum absolute atomic E-state index is 13.4. The van der Waals surface area contributed by atoms with Crippen LogP contribution in [0.4, 0.5) is 15.8 Å². The molecule has 2 atom stereocenters. The lowest BCUT2D eigenvalue weighted by Crippen LogP contribution is -2.30. The molecule has 1 aromatic carbocycles. The fraction of sp³-hybridized carbons (Fsp3) is 0.500. The van der Waals surface area contributed by atoms with E-state index in [0.717, 1.165) is 19.3 Å². The zero-order valence-corrected chi connectivity index (χ0v) is 10.4. The number of rotatable bonds is 3. The van der Waals surface area contributed by atoms with Crippen LogP contribution >= 0.6 is 11.6 Å². The van der Waals surface area contributed by atoms with Crippen molar-refractivity contribution in [2.24, 2.45) is 0 Å². The number of halogens is 2. The van der Waals surface area contributed by atoms with E-state index in [4.69, 9.17) is 22.1 Å². The van der Waals surface area contributed by atoms with Gasteiger partial charge in [0.1, 0.15) is 5.82 Å². The zero-order valence-electron chi connectivity index (χ0n) is 9.67. The smallest absolute Gasteiger partial charge is 0.143 e. The van der Waals surface area contributed by atoms with Crippen LogP contribution in [0.25, 0.3) is 0 Å². The van der Waals surface area contributed by atoms with E-state index in [-0.39, 0.29) is 17.2 Å². The fourth-order valence-corrected chi connectivity index (χ4v) is 2.43. The Morgan fingerprint density at radius 3 is 2.94 bits per heavy atom. The van der Waals surface area contributed by atoms with E-state index in [1.807, 2.05) is 0 Å². The molecule has 3 N–H and O–H groups in total. The van der Waals surface area contributed by atoms with Crippen LogP contribution in [0.15, 0.2) is 12.1 Å². The summed E-state index contributed by atoms with van der Waals surface area (Å²) in [5.41, 5.74) is 6.84. The van der Waals surface area contributed by atoms with Crippen LogP contribution in [0.2, 0.25) is 5.02 Å². The summed E-state index contributed by atoms with van der Waals surface area (Å²) in [6, 6.07) is 2.95. The number of anilines is 2. The Bertz CT molecular complexity index is 414. The van der Waals surface area contributed by atoms with Crippen LogP contribution in [0.5, 0.6) is 0 Å². The molecule has 0 bridgehead atoms. The molecule has 1 aliphatic rings. The molecule has 2 unspecified atom stereocenters. The van der Waals surface area contributed by atoms with E-state index in [0.29, 0.717) is 11.4 Å². The highest BCUT2D eigenvalue weighted by molar-refractivity contribution is 6.31. The van der Waals surface area contributed by atoms with Crippen molar-refractivity contribution < 1.29 is 9.13 Å². The van der Waals surface area contributed by atoms with E-state index < -0.39 is 5.82 Å². The number of hydrogen-bond acceptors (Lipinski definition) is 3. The maximum atomic E-state index is 13.4. The van der Waals surface area contributed by atoms with Gasteiger partial charge in [-0.05, 0) is 25.3 Å². The van der Waals surface area contributed by atoms with E-state index >= 15 is 0 Å². The molecule has 0 aliphatic heterocycles. The molecule has 1 saturated carbocycles. The first-order valence-electron chi connectivity index (χ1n) is 5.65. The Morgan fingerprint density at radius 1 is 1.47 bits per heavy atom. The second-order valence-electron chi connectivity index (χ2n) is 4.31. The molecule has 0 spiro atoms. The molecule has 94 valence electrons. The third-order valence-electron chi connectivity index (χ3n) is 3.19. The third kappa shape index (κ3) is 2.64. The van der Waals surface area contributed by atoms with Gasteiger partial charge in [0, 0.05) is 13.2 Å². The molecule has 0 aromatic heterocycles. The molecule has 0 amide bonds. The van der Waals surface area contributed by atoms with Gasteiger partial charge >= 0.3 is 0 Å². The van der Waals surface area contributed by atoms with Crippen LogP contribution in [-0.4, -0.2) is 19.3 Å². The van der Waals surface area contributed by atoms with E-state index in [1.165, 1.54) is 12.1 Å². The number of methoxy groups -OCH3 is 1. The zero-order chi connectivity index (χ0) is 12.4. The molecule has 2 rings (SSSR count). The monoisotopic (exact) mass is 258 g/mol. The van der Waals surface area contributed by atoms with Crippen molar-refractivity contribution in [3.8, 4) is 0 Å². The van der Waals surface area contributed by atoms with Crippen LogP contribution < -0.4 is 11.1 Å². The molecule has 5 heteroatoms. The summed E-state index contributed by atoms with van der Waals surface area (Å²) in [4.78, 5) is 0. The molecule has 3 nitrogen and oxygen atoms in total. The van der Waals surface area contributed by atoms with Gasteiger partial charge in [-0.2, -0.15) is 0 Å². The Balaban J connectivity index is 2.15. The van der Waals surface area contributed by atoms with Crippen LogP contribution in [0, 0.1) is 5.82 Å². The summed E-state index contributed by atoms with van der Waals surface area (Å²) >= 11 is 5.65. The molecule has 0 saturated heterocycles. The molecule has 17 heavy (non-hydrogen) atoms. The maximum Gasteiger partial charge on any atom is 0.143 e. The van der Waals surface area contributed by atoms with Crippen molar-refractivity contribution >= 4 is 23.0 Å². The van der Waals surface area contributed by atoms with E-state index in [9.17, 15) is 4.39 Å². The third-order valence-corrected chi connectivity index (χ3v) is 3.48. The van der Waals surface area contributed by atoms with Crippen LogP contribution in [0.3, 0.4) is 0 Å². The van der Waals surface area contributed by atoms with Crippen molar-refractivity contribution in [1.82, 2.24) is 0 Å². The number of nitrogens with one attached hydrogen (secondary N) is 1. The molecule has 0 heterocycles. The molecule has 1 fully saturated rings. The lowest BCUT2D eigenvalue weighted by atomic mass is 10.2. The summed E-state index contributed by atoms with van der Waals surface area (Å²) in [6.45, 7) is 0. The summed E-state index contributed by atoms with van der Waals surface area (Å²) in [6.07, 6.45) is 3.28. The van der Waals surface area contributed by atoms with E-state index in [1.54, 1.807) is 7.11 Å². The molecule has 1 aliphatic carbocycles. The highest BCUT2D eigenvalue weighted by Gasteiger charge is 2.27. The van der Waals surface area contributed by atoms with Gasteiger partial charge in [-0.3, -0.25) is 0 Å². The van der Waals surface area contributed by atoms with Gasteiger partial charge in [0.25, 0.3) is 0 Å². The first-order chi connectivity index (χ1) is 8.11. The van der Waals surface area contributed by atoms with Gasteiger partial charge in [-0.15, -0.1) is 0 Å². The fourth-order valence-electron chi connectivity index (χ4n) is 2.26. The number of ether oxygens (including phenoxy) is 1. The van der Waals surface area contributed by atoms with Crippen LogP contribution in [0.1, 0.15) is 19.3 Å². The standard InChI is InChI=1S/C12H16ClFN2O/c1-17-12-4-2-3-10(12)16-11-6-8(14)7(13)5-9(11)15/h5-6,10,12,16H,2-4,15H2,1H3. The van der Waals surface area contributed by atoms with Crippen molar-refractivity contribution in [1.29, 1.82) is 0 Å². The predicted molar refractivity (Wildman–Crippen MR) is 67.9 cm³/mol. The Kier molecular flexibility index (Phi) is 3.74. The average molecular weight is 259 g/mol. The summed E-state index contributed by atoms with van der Waals surface area (Å²) in [7, 11) is 1.69. The predicted octanol–water partition coefficient (Wildman–Crippen LogP) is 3.04. The second-order valence-corrected chi connectivity index (χ2v) is 4.72. The highest BCUT2D eigenvalue weighted by atomic mass is 35.5. The number of nitrogen functional groups attached to an aromatic ring is 1. The number of benzene rings is 1. The van der Waals surface area contributed by atoms with Crippen molar-refractivity contribution in [3.05, 3.63) is 23.0 Å². The second kappa shape index (κ2) is 5.10. The first-order valence-corrected chi connectivity index (χ1v) is 6.03. The largest absolute Gasteiger partial charge is 0.397 e. The van der Waals surface area contributed by atoms with Crippen molar-refractivity contribution in [2.45, 2.75) is 31.4 Å². The van der Waals surface area contributed by atoms with Crippen molar-refractivity contribution in [2.75, 3.05) is 18.2 Å². The lowest BCUT2D eigenvalue weighted by molar-refractivity contribution is 0.101. The summed E-state index contributed by atoms with van der Waals surface area (Å²) in [5.74, 6) is -0.463. The van der Waals surface area contributed by atoms with Crippen molar-refractivity contribution in [3.63, 3.8) is 0 Å². The Morgan fingerprint density at radius 2 is 2.24 bits per heavy atom. The summed E-state index contributed by atoms with van der Waals surface area (Å²) in [5, 5.41) is 3.27. The van der Waals surface area contributed by atoms with Gasteiger partial charge in [-0.25, -0.2) is 4.39 Å². The molecular weight excluding hydrogens is 243 g/mol. The topological polar surface area (TPSA) is 47.3 Å². The molecule has 0 radical (unpaired) electrons. The minimum absolute atomic E-state index is 0.0442. The number of nitrogens with two attached hydrogens (primary N) is 1. The summed E-state index contributed by atoms with van der Waals surface area (Å²) < 4.78 is 18.7. The minimum Gasteiger partial charge on any atom is -0.397 e. The number of hydrogen-bond donors (Lipinski definition) is 2. The Hall–Kier alpha value is -1.00. The van der Waals surface area contributed by atoms with Gasteiger partial charge in [0.05, 0.1) is 28.5 Å². The minimum atomic E-state index is -0.463. The molecular formula is C12H16ClFN2O. The van der Waals surface area contributed by atoms with E-state index in [2.05, 4.69) is 5.32 Å². The first kappa shape index (κ1) is 12.5.